The van der Waals surface area contributed by atoms with Crippen LogP contribution >= 0.6 is 0 Å². The molecule has 134 valence electrons. The van der Waals surface area contributed by atoms with Crippen LogP contribution in [-0.4, -0.2) is 21.9 Å². The average Bonchev–Trinajstić information content (AvgIpc) is 2.92. The van der Waals surface area contributed by atoms with Gasteiger partial charge in [0.25, 0.3) is 5.91 Å². The summed E-state index contributed by atoms with van der Waals surface area (Å²) in [5.74, 6) is -0.238. The fourth-order valence-corrected chi connectivity index (χ4v) is 3.85. The standard InChI is InChI=1S/C21H22N2O3/c1-22-12-7-10-17(22)18-9-3-2-6-13-23(18)20(24)16-14-15-8-4-5-11-19(15)26-21(16)25/h4-5,7-8,10-12,14,18H,2-3,6,9,13H2,1H3/t18-/m1/s1. The highest BCUT2D eigenvalue weighted by Gasteiger charge is 2.30. The first-order chi connectivity index (χ1) is 12.6. The van der Waals surface area contributed by atoms with Gasteiger partial charge in [-0.15, -0.1) is 0 Å². The van der Waals surface area contributed by atoms with Crippen LogP contribution in [0.3, 0.4) is 0 Å². The molecular formula is C21H22N2O3. The van der Waals surface area contributed by atoms with Gasteiger partial charge >= 0.3 is 5.63 Å². The van der Waals surface area contributed by atoms with E-state index >= 15 is 0 Å². The van der Waals surface area contributed by atoms with Crippen LogP contribution in [-0.2, 0) is 7.05 Å². The summed E-state index contributed by atoms with van der Waals surface area (Å²) in [5.41, 5.74) is 1.16. The second-order valence-electron chi connectivity index (χ2n) is 6.89. The van der Waals surface area contributed by atoms with Crippen molar-refractivity contribution in [3.05, 3.63) is 70.3 Å². The highest BCUT2D eigenvalue weighted by atomic mass is 16.4. The first kappa shape index (κ1) is 16.6. The number of hydrogen-bond acceptors (Lipinski definition) is 3. The maximum atomic E-state index is 13.3. The molecule has 5 nitrogen and oxygen atoms in total. The van der Waals surface area contributed by atoms with Gasteiger partial charge in [-0.1, -0.05) is 31.0 Å². The Kier molecular flexibility index (Phi) is 4.37. The number of nitrogens with zero attached hydrogens (tertiary/aromatic N) is 2. The molecule has 1 saturated heterocycles. The van der Waals surface area contributed by atoms with E-state index in [0.717, 1.165) is 36.8 Å². The molecular weight excluding hydrogens is 328 g/mol. The van der Waals surface area contributed by atoms with Gasteiger partial charge in [0.1, 0.15) is 11.1 Å². The summed E-state index contributed by atoms with van der Waals surface area (Å²) in [4.78, 5) is 27.6. The third-order valence-electron chi connectivity index (χ3n) is 5.21. The molecule has 26 heavy (non-hydrogen) atoms. The van der Waals surface area contributed by atoms with E-state index in [4.69, 9.17) is 4.42 Å². The molecule has 1 aliphatic heterocycles. The summed E-state index contributed by atoms with van der Waals surface area (Å²) in [6.45, 7) is 0.654. The molecule has 1 aromatic carbocycles. The Hall–Kier alpha value is -2.82. The predicted octanol–water partition coefficient (Wildman–Crippen LogP) is 3.89. The molecule has 0 aliphatic carbocycles. The van der Waals surface area contributed by atoms with E-state index in [1.54, 1.807) is 12.1 Å². The van der Waals surface area contributed by atoms with Crippen LogP contribution in [0.5, 0.6) is 0 Å². The number of carbonyl (C=O) groups is 1. The van der Waals surface area contributed by atoms with Crippen molar-refractivity contribution in [3.8, 4) is 0 Å². The number of aromatic nitrogens is 1. The number of carbonyl (C=O) groups excluding carboxylic acids is 1. The molecule has 0 N–H and O–H groups in total. The molecule has 1 fully saturated rings. The Balaban J connectivity index is 1.76. The fourth-order valence-electron chi connectivity index (χ4n) is 3.85. The highest BCUT2D eigenvalue weighted by molar-refractivity contribution is 5.96. The quantitative estimate of drug-likeness (QED) is 0.659. The number of rotatable bonds is 2. The van der Waals surface area contributed by atoms with Crippen molar-refractivity contribution in [2.24, 2.45) is 7.05 Å². The zero-order chi connectivity index (χ0) is 18.1. The monoisotopic (exact) mass is 350 g/mol. The normalized spacial score (nSPS) is 18.0. The van der Waals surface area contributed by atoms with Crippen LogP contribution in [0.1, 0.15) is 47.8 Å². The van der Waals surface area contributed by atoms with Crippen LogP contribution in [0.4, 0.5) is 0 Å². The van der Waals surface area contributed by atoms with Gasteiger partial charge in [-0.05, 0) is 37.1 Å². The van der Waals surface area contributed by atoms with Crippen molar-refractivity contribution < 1.29 is 9.21 Å². The van der Waals surface area contributed by atoms with Crippen molar-refractivity contribution in [2.45, 2.75) is 31.7 Å². The number of hydrogen-bond donors (Lipinski definition) is 0. The van der Waals surface area contributed by atoms with Gasteiger partial charge in [-0.25, -0.2) is 4.79 Å². The van der Waals surface area contributed by atoms with E-state index in [9.17, 15) is 9.59 Å². The average molecular weight is 350 g/mol. The van der Waals surface area contributed by atoms with Crippen LogP contribution in [0, 0.1) is 0 Å². The third kappa shape index (κ3) is 2.94. The summed E-state index contributed by atoms with van der Waals surface area (Å²) >= 11 is 0. The number of para-hydroxylation sites is 1. The third-order valence-corrected chi connectivity index (χ3v) is 5.21. The first-order valence-electron chi connectivity index (χ1n) is 9.10. The summed E-state index contributed by atoms with van der Waals surface area (Å²) < 4.78 is 7.43. The zero-order valence-electron chi connectivity index (χ0n) is 14.9. The minimum Gasteiger partial charge on any atom is -0.422 e. The lowest BCUT2D eigenvalue weighted by atomic mass is 10.1. The lowest BCUT2D eigenvalue weighted by molar-refractivity contribution is 0.0670. The van der Waals surface area contributed by atoms with Crippen molar-refractivity contribution in [2.75, 3.05) is 6.54 Å². The molecule has 4 rings (SSSR count). The lowest BCUT2D eigenvalue weighted by Gasteiger charge is -2.30. The maximum absolute atomic E-state index is 13.3. The van der Waals surface area contributed by atoms with Crippen LogP contribution in [0.25, 0.3) is 11.0 Å². The Bertz CT molecular complexity index is 1000. The van der Waals surface area contributed by atoms with Gasteiger partial charge < -0.3 is 13.9 Å². The minimum absolute atomic E-state index is 0.0177. The van der Waals surface area contributed by atoms with Gasteiger partial charge in [-0.2, -0.15) is 0 Å². The maximum Gasteiger partial charge on any atom is 0.349 e. The Morgan fingerprint density at radius 2 is 1.96 bits per heavy atom. The number of amides is 1. The largest absolute Gasteiger partial charge is 0.422 e. The number of likely N-dealkylation sites (tertiary alicyclic amines) is 1. The van der Waals surface area contributed by atoms with E-state index in [0.29, 0.717) is 12.1 Å². The summed E-state index contributed by atoms with van der Waals surface area (Å²) in [7, 11) is 1.99. The molecule has 0 saturated carbocycles. The van der Waals surface area contributed by atoms with Gasteiger partial charge in [0.05, 0.1) is 6.04 Å². The first-order valence-corrected chi connectivity index (χ1v) is 9.10. The van der Waals surface area contributed by atoms with E-state index in [1.807, 2.05) is 42.4 Å². The second-order valence-corrected chi connectivity index (χ2v) is 6.89. The highest BCUT2D eigenvalue weighted by Crippen LogP contribution is 2.31. The number of fused-ring (bicyclic) bond motifs is 1. The molecule has 1 atom stereocenters. The molecule has 5 heteroatoms. The Morgan fingerprint density at radius 1 is 1.12 bits per heavy atom. The lowest BCUT2D eigenvalue weighted by Crippen LogP contribution is -2.37. The van der Waals surface area contributed by atoms with E-state index in [2.05, 4.69) is 10.6 Å². The minimum atomic E-state index is -0.566. The Labute approximate surface area is 151 Å². The van der Waals surface area contributed by atoms with Crippen molar-refractivity contribution >= 4 is 16.9 Å². The Morgan fingerprint density at radius 3 is 2.77 bits per heavy atom. The molecule has 1 aliphatic rings. The smallest absolute Gasteiger partial charge is 0.349 e. The van der Waals surface area contributed by atoms with E-state index in [-0.39, 0.29) is 17.5 Å². The van der Waals surface area contributed by atoms with Gasteiger partial charge in [-0.3, -0.25) is 4.79 Å². The van der Waals surface area contributed by atoms with Gasteiger partial charge in [0.2, 0.25) is 0 Å². The molecule has 1 amide bonds. The zero-order valence-corrected chi connectivity index (χ0v) is 14.9. The van der Waals surface area contributed by atoms with E-state index < -0.39 is 5.63 Å². The fraction of sp³-hybridized carbons (Fsp3) is 0.333. The SMILES string of the molecule is Cn1cccc1[C@H]1CCCCCN1C(=O)c1cc2ccccc2oc1=O. The van der Waals surface area contributed by atoms with Gasteiger partial charge in [0.15, 0.2) is 0 Å². The molecule has 0 spiro atoms. The van der Waals surface area contributed by atoms with Gasteiger partial charge in [0, 0.05) is 30.9 Å². The molecule has 0 bridgehead atoms. The van der Waals surface area contributed by atoms with Crippen molar-refractivity contribution in [3.63, 3.8) is 0 Å². The molecule has 3 heterocycles. The topological polar surface area (TPSA) is 55.5 Å². The van der Waals surface area contributed by atoms with Crippen molar-refractivity contribution in [1.29, 1.82) is 0 Å². The van der Waals surface area contributed by atoms with Crippen LogP contribution < -0.4 is 5.63 Å². The molecule has 2 aromatic heterocycles. The molecule has 0 unspecified atom stereocenters. The molecule has 0 radical (unpaired) electrons. The van der Waals surface area contributed by atoms with Crippen LogP contribution in [0.15, 0.2) is 57.9 Å². The summed E-state index contributed by atoms with van der Waals surface area (Å²) in [6, 6.07) is 13.0. The number of aryl methyl sites for hydroxylation is 1. The van der Waals surface area contributed by atoms with Crippen molar-refractivity contribution in [1.82, 2.24) is 9.47 Å². The summed E-state index contributed by atoms with van der Waals surface area (Å²) in [5, 5.41) is 0.765. The molecule has 3 aromatic rings. The van der Waals surface area contributed by atoms with Crippen LogP contribution in [0.2, 0.25) is 0 Å². The summed E-state index contributed by atoms with van der Waals surface area (Å²) in [6.07, 6.45) is 6.02. The number of benzene rings is 1. The van der Waals surface area contributed by atoms with E-state index in [1.165, 1.54) is 0 Å². The predicted molar refractivity (Wildman–Crippen MR) is 100 cm³/mol. The second kappa shape index (κ2) is 6.83.